The van der Waals surface area contributed by atoms with E-state index in [1.54, 1.807) is 24.3 Å². The fourth-order valence-corrected chi connectivity index (χ4v) is 3.34. The van der Waals surface area contributed by atoms with E-state index in [9.17, 15) is 9.59 Å². The van der Waals surface area contributed by atoms with Gasteiger partial charge in [-0.25, -0.2) is 4.68 Å². The number of amides is 1. The molecule has 152 valence electrons. The molecule has 0 spiro atoms. The maximum Gasteiger partial charge on any atom is 0.278 e. The van der Waals surface area contributed by atoms with E-state index >= 15 is 0 Å². The van der Waals surface area contributed by atoms with Crippen molar-refractivity contribution in [2.24, 2.45) is 0 Å². The van der Waals surface area contributed by atoms with Crippen LogP contribution in [0.15, 0.2) is 24.3 Å². The van der Waals surface area contributed by atoms with Gasteiger partial charge in [0.25, 0.3) is 5.91 Å². The number of benzene rings is 1. The predicted octanol–water partition coefficient (Wildman–Crippen LogP) is 5.44. The van der Waals surface area contributed by atoms with Crippen LogP contribution in [-0.4, -0.2) is 21.6 Å². The Hall–Kier alpha value is -2.43. The van der Waals surface area contributed by atoms with Gasteiger partial charge in [-0.3, -0.25) is 9.59 Å². The molecule has 0 saturated carbocycles. The molecule has 0 aliphatic rings. The molecule has 2 aromatic rings. The standard InChI is InChI=1S/C23H33N3O2/c1-5-7-9-10-11-21-17(3)25-26(18(21)4)23(28)19-13-15-20(16-14-19)24-22(27)12-8-6-2/h13-16H,5-12H2,1-4H3,(H,24,27). The van der Waals surface area contributed by atoms with Gasteiger partial charge in [0.2, 0.25) is 5.91 Å². The SMILES string of the molecule is CCCCCCc1c(C)nn(C(=O)c2ccc(NC(=O)CCCC)cc2)c1C. The van der Waals surface area contributed by atoms with Crippen molar-refractivity contribution >= 4 is 17.5 Å². The largest absolute Gasteiger partial charge is 0.326 e. The average Bonchev–Trinajstić information content (AvgIpc) is 2.97. The zero-order chi connectivity index (χ0) is 20.5. The van der Waals surface area contributed by atoms with Crippen molar-refractivity contribution in [3.8, 4) is 0 Å². The van der Waals surface area contributed by atoms with Gasteiger partial charge in [0.15, 0.2) is 0 Å². The van der Waals surface area contributed by atoms with Gasteiger partial charge in [0.1, 0.15) is 0 Å². The maximum atomic E-state index is 12.9. The van der Waals surface area contributed by atoms with Crippen LogP contribution in [0.25, 0.3) is 0 Å². The van der Waals surface area contributed by atoms with Gasteiger partial charge in [0, 0.05) is 23.4 Å². The zero-order valence-corrected chi connectivity index (χ0v) is 17.7. The van der Waals surface area contributed by atoms with Crippen LogP contribution in [0, 0.1) is 13.8 Å². The summed E-state index contributed by atoms with van der Waals surface area (Å²) in [4.78, 5) is 24.7. The lowest BCUT2D eigenvalue weighted by Gasteiger charge is -2.07. The van der Waals surface area contributed by atoms with E-state index in [4.69, 9.17) is 0 Å². The summed E-state index contributed by atoms with van der Waals surface area (Å²) >= 11 is 0. The number of carbonyl (C=O) groups excluding carboxylic acids is 2. The Morgan fingerprint density at radius 3 is 2.29 bits per heavy atom. The van der Waals surface area contributed by atoms with Crippen LogP contribution < -0.4 is 5.32 Å². The molecule has 0 saturated heterocycles. The molecule has 28 heavy (non-hydrogen) atoms. The Morgan fingerprint density at radius 2 is 1.64 bits per heavy atom. The van der Waals surface area contributed by atoms with Crippen molar-refractivity contribution in [3.05, 3.63) is 46.8 Å². The Balaban J connectivity index is 2.06. The van der Waals surface area contributed by atoms with Gasteiger partial charge in [-0.1, -0.05) is 39.5 Å². The summed E-state index contributed by atoms with van der Waals surface area (Å²) < 4.78 is 1.51. The number of aromatic nitrogens is 2. The van der Waals surface area contributed by atoms with Crippen molar-refractivity contribution < 1.29 is 9.59 Å². The fraction of sp³-hybridized carbons (Fsp3) is 0.522. The Labute approximate surface area is 168 Å². The number of hydrogen-bond donors (Lipinski definition) is 1. The second kappa shape index (κ2) is 10.8. The van der Waals surface area contributed by atoms with E-state index in [1.807, 2.05) is 13.8 Å². The molecule has 5 nitrogen and oxygen atoms in total. The van der Waals surface area contributed by atoms with Crippen molar-refractivity contribution in [1.29, 1.82) is 0 Å². The number of aryl methyl sites for hydroxylation is 1. The first-order valence-corrected chi connectivity index (χ1v) is 10.5. The minimum absolute atomic E-state index is 0.00665. The van der Waals surface area contributed by atoms with Gasteiger partial charge >= 0.3 is 0 Å². The molecule has 1 N–H and O–H groups in total. The maximum absolute atomic E-state index is 12.9. The average molecular weight is 384 g/mol. The minimum Gasteiger partial charge on any atom is -0.326 e. The van der Waals surface area contributed by atoms with E-state index in [0.717, 1.165) is 37.1 Å². The van der Waals surface area contributed by atoms with Crippen molar-refractivity contribution in [2.75, 3.05) is 5.32 Å². The number of anilines is 1. The van der Waals surface area contributed by atoms with E-state index in [-0.39, 0.29) is 11.8 Å². The third-order valence-corrected chi connectivity index (χ3v) is 5.09. The first-order chi connectivity index (χ1) is 13.5. The summed E-state index contributed by atoms with van der Waals surface area (Å²) in [5, 5.41) is 7.36. The smallest absolute Gasteiger partial charge is 0.278 e. The number of unbranched alkanes of at least 4 members (excludes halogenated alkanes) is 4. The highest BCUT2D eigenvalue weighted by molar-refractivity contribution is 5.97. The predicted molar refractivity (Wildman–Crippen MR) is 114 cm³/mol. The fourth-order valence-electron chi connectivity index (χ4n) is 3.34. The first kappa shape index (κ1) is 21.9. The van der Waals surface area contributed by atoms with Crippen molar-refractivity contribution in [3.63, 3.8) is 0 Å². The van der Waals surface area contributed by atoms with Crippen LogP contribution in [0.2, 0.25) is 0 Å². The molecular weight excluding hydrogens is 350 g/mol. The van der Waals surface area contributed by atoms with Crippen LogP contribution in [-0.2, 0) is 11.2 Å². The Bertz CT molecular complexity index is 791. The van der Waals surface area contributed by atoms with Gasteiger partial charge in [-0.15, -0.1) is 0 Å². The van der Waals surface area contributed by atoms with Crippen LogP contribution in [0.3, 0.4) is 0 Å². The van der Waals surface area contributed by atoms with E-state index in [1.165, 1.54) is 29.5 Å². The van der Waals surface area contributed by atoms with E-state index < -0.39 is 0 Å². The quantitative estimate of drug-likeness (QED) is 0.556. The molecule has 0 aliphatic carbocycles. The highest BCUT2D eigenvalue weighted by atomic mass is 16.2. The normalized spacial score (nSPS) is 10.9. The molecule has 0 unspecified atom stereocenters. The van der Waals surface area contributed by atoms with Crippen molar-refractivity contribution in [2.45, 2.75) is 79.1 Å². The Kier molecular flexibility index (Phi) is 8.42. The number of nitrogens with zero attached hydrogens (tertiary/aromatic N) is 2. The monoisotopic (exact) mass is 383 g/mol. The number of hydrogen-bond acceptors (Lipinski definition) is 3. The molecule has 0 radical (unpaired) electrons. The van der Waals surface area contributed by atoms with Gasteiger partial charge in [-0.2, -0.15) is 5.10 Å². The van der Waals surface area contributed by atoms with Crippen LogP contribution in [0.4, 0.5) is 5.69 Å². The molecule has 0 aliphatic heterocycles. The number of rotatable bonds is 10. The molecule has 2 rings (SSSR count). The van der Waals surface area contributed by atoms with Gasteiger partial charge < -0.3 is 5.32 Å². The van der Waals surface area contributed by atoms with Crippen LogP contribution in [0.1, 0.15) is 86.1 Å². The summed E-state index contributed by atoms with van der Waals surface area (Å²) in [5.74, 6) is -0.128. The summed E-state index contributed by atoms with van der Waals surface area (Å²) in [6, 6.07) is 7.03. The first-order valence-electron chi connectivity index (χ1n) is 10.5. The highest BCUT2D eigenvalue weighted by Crippen LogP contribution is 2.19. The highest BCUT2D eigenvalue weighted by Gasteiger charge is 2.17. The molecule has 0 atom stereocenters. The summed E-state index contributed by atoms with van der Waals surface area (Å²) in [6.45, 7) is 8.20. The molecule has 1 aromatic carbocycles. The lowest BCUT2D eigenvalue weighted by Crippen LogP contribution is -2.16. The van der Waals surface area contributed by atoms with Gasteiger partial charge in [0.05, 0.1) is 5.69 Å². The number of carbonyl (C=O) groups is 2. The lowest BCUT2D eigenvalue weighted by molar-refractivity contribution is -0.116. The third kappa shape index (κ3) is 5.78. The van der Waals surface area contributed by atoms with Crippen LogP contribution in [0.5, 0.6) is 0 Å². The molecule has 5 heteroatoms. The summed E-state index contributed by atoms with van der Waals surface area (Å²) in [7, 11) is 0. The van der Waals surface area contributed by atoms with E-state index in [2.05, 4.69) is 24.3 Å². The van der Waals surface area contributed by atoms with E-state index in [0.29, 0.717) is 17.7 Å². The minimum atomic E-state index is -0.135. The van der Waals surface area contributed by atoms with Crippen molar-refractivity contribution in [1.82, 2.24) is 9.78 Å². The second-order valence-corrected chi connectivity index (χ2v) is 7.41. The zero-order valence-electron chi connectivity index (χ0n) is 17.7. The van der Waals surface area contributed by atoms with Gasteiger partial charge in [-0.05, 0) is 62.9 Å². The third-order valence-electron chi connectivity index (χ3n) is 5.09. The molecule has 1 aromatic heterocycles. The summed E-state index contributed by atoms with van der Waals surface area (Å²) in [6.07, 6.45) is 8.14. The molecule has 0 bridgehead atoms. The lowest BCUT2D eigenvalue weighted by atomic mass is 10.0. The topological polar surface area (TPSA) is 64.0 Å². The molecule has 1 amide bonds. The second-order valence-electron chi connectivity index (χ2n) is 7.41. The number of nitrogens with one attached hydrogen (secondary N) is 1. The summed E-state index contributed by atoms with van der Waals surface area (Å²) in [5.41, 5.74) is 4.32. The molecule has 1 heterocycles. The molecule has 0 fully saturated rings. The molecular formula is C23H33N3O2. The Morgan fingerprint density at radius 1 is 0.964 bits per heavy atom. The van der Waals surface area contributed by atoms with Crippen LogP contribution >= 0.6 is 0 Å².